The molecular weight excluding hydrogens is 676 g/mol. The minimum absolute atomic E-state index is 0.0913. The number of halogens is 2. The molecule has 1 aromatic heterocycles. The zero-order chi connectivity index (χ0) is 37.2. The quantitative estimate of drug-likeness (QED) is 0.141. The van der Waals surface area contributed by atoms with Crippen molar-refractivity contribution < 1.29 is 28.2 Å². The first-order chi connectivity index (χ1) is 25.6. The molecule has 0 spiro atoms. The van der Waals surface area contributed by atoms with Gasteiger partial charge in [0.1, 0.15) is 30.2 Å². The molecule has 2 aliphatic heterocycles. The first-order valence-electron chi connectivity index (χ1n) is 19.1. The fourth-order valence-corrected chi connectivity index (χ4v) is 9.18. The van der Waals surface area contributed by atoms with E-state index >= 15 is 4.39 Å². The molecule has 3 atom stereocenters. The molecule has 3 aromatic rings. The molecule has 1 saturated carbocycles. The van der Waals surface area contributed by atoms with E-state index in [1.54, 1.807) is 18.2 Å². The molecule has 2 aliphatic carbocycles. The predicted octanol–water partition coefficient (Wildman–Crippen LogP) is 6.61. The number of carbonyl (C=O) groups is 1. The largest absolute Gasteiger partial charge is 0.508 e. The van der Waals surface area contributed by atoms with E-state index < -0.39 is 17.5 Å². The lowest BCUT2D eigenvalue weighted by molar-refractivity contribution is -0.116. The molecule has 3 N–H and O–H groups in total. The number of likely N-dealkylation sites (tertiary alicyclic amines) is 1. The highest BCUT2D eigenvalue weighted by Gasteiger charge is 2.44. The van der Waals surface area contributed by atoms with Gasteiger partial charge in [0.2, 0.25) is 5.91 Å². The van der Waals surface area contributed by atoms with E-state index in [0.29, 0.717) is 67.8 Å². The lowest BCUT2D eigenvalue weighted by atomic mass is 9.79. The Morgan fingerprint density at radius 1 is 1.21 bits per heavy atom. The van der Waals surface area contributed by atoms with Gasteiger partial charge in [-0.2, -0.15) is 9.97 Å². The minimum atomic E-state index is -0.940. The van der Waals surface area contributed by atoms with E-state index in [4.69, 9.17) is 25.9 Å². The first-order valence-corrected chi connectivity index (χ1v) is 19.1. The number of anilines is 1. The number of nitrogens with one attached hydrogen (secondary N) is 2. The topological polar surface area (TPSA) is 109 Å². The number of hydrogen-bond acceptors (Lipinski definition) is 8. The Morgan fingerprint density at radius 2 is 2.00 bits per heavy atom. The molecule has 0 radical (unpaired) electrons. The van der Waals surface area contributed by atoms with Crippen molar-refractivity contribution >= 4 is 22.5 Å². The van der Waals surface area contributed by atoms with Crippen molar-refractivity contribution in [3.05, 3.63) is 65.1 Å². The Balaban J connectivity index is 1.19. The number of aromatic nitrogens is 2. The summed E-state index contributed by atoms with van der Waals surface area (Å²) in [5.41, 5.74) is 2.10. The van der Waals surface area contributed by atoms with Gasteiger partial charge in [-0.05, 0) is 98.9 Å². The van der Waals surface area contributed by atoms with Crippen LogP contribution < -0.4 is 15.4 Å². The zero-order valence-electron chi connectivity index (χ0n) is 30.7. The molecule has 11 heteroatoms. The van der Waals surface area contributed by atoms with Crippen molar-refractivity contribution in [2.45, 2.75) is 88.8 Å². The number of rotatable bonds is 12. The molecule has 3 heterocycles. The summed E-state index contributed by atoms with van der Waals surface area (Å²) in [6.07, 6.45) is 14.4. The maximum absolute atomic E-state index is 15.0. The molecule has 1 amide bonds. The zero-order valence-corrected chi connectivity index (χ0v) is 30.7. The number of terminal acetylenes is 1. The van der Waals surface area contributed by atoms with E-state index in [1.807, 2.05) is 0 Å². The van der Waals surface area contributed by atoms with E-state index in [0.717, 1.165) is 75.1 Å². The Hall–Kier alpha value is -4.27. The molecule has 282 valence electrons. The van der Waals surface area contributed by atoms with Crippen molar-refractivity contribution in [1.82, 2.24) is 20.2 Å². The van der Waals surface area contributed by atoms with Crippen molar-refractivity contribution in [2.24, 2.45) is 11.3 Å². The molecule has 3 fully saturated rings. The number of phenols is 1. The van der Waals surface area contributed by atoms with E-state index in [9.17, 15) is 14.3 Å². The summed E-state index contributed by atoms with van der Waals surface area (Å²) in [5.74, 6) is 3.02. The molecule has 0 bridgehead atoms. The van der Waals surface area contributed by atoms with Crippen LogP contribution in [0.15, 0.2) is 36.9 Å². The minimum Gasteiger partial charge on any atom is -0.508 e. The lowest BCUT2D eigenvalue weighted by Gasteiger charge is -2.37. The van der Waals surface area contributed by atoms with Crippen LogP contribution in [0.1, 0.15) is 86.6 Å². The van der Waals surface area contributed by atoms with Gasteiger partial charge < -0.3 is 25.2 Å². The first kappa shape index (κ1) is 37.1. The summed E-state index contributed by atoms with van der Waals surface area (Å²) >= 11 is 0. The van der Waals surface area contributed by atoms with E-state index in [2.05, 4.69) is 35.0 Å². The molecule has 0 unspecified atom stereocenters. The van der Waals surface area contributed by atoms with Crippen LogP contribution in [0.3, 0.4) is 0 Å². The van der Waals surface area contributed by atoms with Gasteiger partial charge in [0.15, 0.2) is 0 Å². The smallest absolute Gasteiger partial charge is 0.318 e. The summed E-state index contributed by atoms with van der Waals surface area (Å²) in [6, 6.07) is 6.51. The number of amides is 1. The number of alkyl halides is 1. The molecular formula is C42H51F2N5O4. The SMILES string of the molecule is C#Cc1c(F)ccc2cc(O)cc([C@H]3CCc4c(nc(OC[C@]5(C)C[C@@H](F)CN5CC5CCOCC5)nc4NCC4(CNC(=O)C=C)CCCC4)C3)c12. The van der Waals surface area contributed by atoms with Crippen molar-refractivity contribution in [3.8, 4) is 24.1 Å². The molecule has 9 nitrogen and oxygen atoms in total. The van der Waals surface area contributed by atoms with Crippen LogP contribution in [0.5, 0.6) is 11.8 Å². The molecule has 53 heavy (non-hydrogen) atoms. The van der Waals surface area contributed by atoms with Gasteiger partial charge in [0.05, 0.1) is 16.8 Å². The summed E-state index contributed by atoms with van der Waals surface area (Å²) in [6.45, 7) is 9.70. The number of hydrogen-bond donors (Lipinski definition) is 3. The number of ether oxygens (including phenoxy) is 2. The molecule has 2 aromatic carbocycles. The highest BCUT2D eigenvalue weighted by molar-refractivity contribution is 5.93. The lowest BCUT2D eigenvalue weighted by Crippen LogP contribution is -2.48. The second-order valence-corrected chi connectivity index (χ2v) is 15.9. The number of nitrogens with zero attached hydrogens (tertiary/aromatic N) is 3. The van der Waals surface area contributed by atoms with Gasteiger partial charge in [0.25, 0.3) is 0 Å². The third kappa shape index (κ3) is 8.00. The third-order valence-electron chi connectivity index (χ3n) is 12.2. The summed E-state index contributed by atoms with van der Waals surface area (Å²) in [7, 11) is 0. The number of aromatic hydroxyl groups is 1. The fraction of sp³-hybridized carbons (Fsp3) is 0.548. The van der Waals surface area contributed by atoms with Gasteiger partial charge in [0, 0.05) is 62.2 Å². The highest BCUT2D eigenvalue weighted by Crippen LogP contribution is 2.43. The van der Waals surface area contributed by atoms with Crippen LogP contribution in [0.4, 0.5) is 14.6 Å². The van der Waals surface area contributed by atoms with Crippen molar-refractivity contribution in [3.63, 3.8) is 0 Å². The fourth-order valence-electron chi connectivity index (χ4n) is 9.18. The number of carbonyl (C=O) groups excluding carboxylic acids is 1. The van der Waals surface area contributed by atoms with Crippen molar-refractivity contribution in [1.29, 1.82) is 0 Å². The van der Waals surface area contributed by atoms with Crippen LogP contribution in [0.2, 0.25) is 0 Å². The second kappa shape index (κ2) is 15.6. The summed E-state index contributed by atoms with van der Waals surface area (Å²) in [5, 5.41) is 18.7. The summed E-state index contributed by atoms with van der Waals surface area (Å²) in [4.78, 5) is 24.3. The Labute approximate surface area is 310 Å². The van der Waals surface area contributed by atoms with Gasteiger partial charge in [-0.1, -0.05) is 31.4 Å². The maximum Gasteiger partial charge on any atom is 0.318 e. The number of fused-ring (bicyclic) bond motifs is 2. The van der Waals surface area contributed by atoms with Gasteiger partial charge >= 0.3 is 6.01 Å². The standard InChI is InChI=1S/C42H51F2N5O4/c1-4-32-35(44)11-9-29-18-31(50)20-34(38(29)32)28-8-10-33-36(19-28)47-40(48-39(33)46-25-42(14-6-7-15-42)24-45-37(51)5-2)53-26-41(3)21-30(43)23-49(41)22-27-12-16-52-17-13-27/h1,5,9,11,18,20,27-28,30,50H,2,6-8,10,12-17,19,21-26H2,3H3,(H,45,51)(H,46,47,48)/t28-,30+,41-/m0/s1. The number of phenolic OH excluding ortho intramolecular Hbond substituents is 1. The third-order valence-corrected chi connectivity index (χ3v) is 12.2. The Morgan fingerprint density at radius 3 is 2.75 bits per heavy atom. The van der Waals surface area contributed by atoms with E-state index in [1.165, 1.54) is 12.1 Å². The average Bonchev–Trinajstić information content (AvgIpc) is 3.75. The predicted molar refractivity (Wildman–Crippen MR) is 201 cm³/mol. The second-order valence-electron chi connectivity index (χ2n) is 15.9. The van der Waals surface area contributed by atoms with Crippen LogP contribution >= 0.6 is 0 Å². The van der Waals surface area contributed by atoms with Gasteiger partial charge in [-0.3, -0.25) is 9.69 Å². The Kier molecular flexibility index (Phi) is 10.9. The average molecular weight is 728 g/mol. The molecule has 7 rings (SSSR count). The Bertz CT molecular complexity index is 1890. The maximum atomic E-state index is 15.0. The van der Waals surface area contributed by atoms with Crippen LogP contribution in [0, 0.1) is 29.5 Å². The normalized spacial score (nSPS) is 24.4. The number of benzene rings is 2. The van der Waals surface area contributed by atoms with Crippen LogP contribution in [-0.4, -0.2) is 83.6 Å². The van der Waals surface area contributed by atoms with Gasteiger partial charge in [-0.15, -0.1) is 6.42 Å². The molecule has 2 saturated heterocycles. The van der Waals surface area contributed by atoms with Crippen LogP contribution in [-0.2, 0) is 22.4 Å². The summed E-state index contributed by atoms with van der Waals surface area (Å²) < 4.78 is 42.1. The van der Waals surface area contributed by atoms with Crippen molar-refractivity contribution in [2.75, 3.05) is 51.3 Å². The van der Waals surface area contributed by atoms with Gasteiger partial charge in [-0.25, -0.2) is 8.78 Å². The highest BCUT2D eigenvalue weighted by atomic mass is 19.1. The van der Waals surface area contributed by atoms with Crippen LogP contribution in [0.25, 0.3) is 10.8 Å². The molecule has 4 aliphatic rings. The van der Waals surface area contributed by atoms with E-state index in [-0.39, 0.29) is 41.2 Å². The monoisotopic (exact) mass is 727 g/mol.